The maximum atomic E-state index is 13.8. The fourth-order valence-electron chi connectivity index (χ4n) is 2.64. The van der Waals surface area contributed by atoms with Crippen molar-refractivity contribution in [2.24, 2.45) is 0 Å². The Morgan fingerprint density at radius 2 is 2.04 bits per heavy atom. The van der Waals surface area contributed by atoms with Crippen LogP contribution in [0.4, 0.5) is 9.18 Å². The second-order valence-electron chi connectivity index (χ2n) is 6.07. The number of benzene rings is 2. The molecule has 2 aromatic carbocycles. The van der Waals surface area contributed by atoms with Gasteiger partial charge in [0.2, 0.25) is 0 Å². The third-order valence-electron chi connectivity index (χ3n) is 4.13. The second kappa shape index (κ2) is 8.35. The molecule has 140 valence electrons. The SMILES string of the molecule is COc1ccc(C(C)NC(=O)NCc2cnn(-c3ccccc3)c2)cc1F. The minimum absolute atomic E-state index is 0.172. The van der Waals surface area contributed by atoms with Crippen molar-refractivity contribution in [3.63, 3.8) is 0 Å². The van der Waals surface area contributed by atoms with Crippen LogP contribution >= 0.6 is 0 Å². The predicted molar refractivity (Wildman–Crippen MR) is 100 cm³/mol. The first-order valence-corrected chi connectivity index (χ1v) is 8.53. The van der Waals surface area contributed by atoms with Crippen LogP contribution in [0.3, 0.4) is 0 Å². The van der Waals surface area contributed by atoms with Gasteiger partial charge in [-0.2, -0.15) is 5.10 Å². The van der Waals surface area contributed by atoms with Crippen LogP contribution in [0.25, 0.3) is 5.69 Å². The molecule has 0 spiro atoms. The van der Waals surface area contributed by atoms with E-state index < -0.39 is 5.82 Å². The van der Waals surface area contributed by atoms with Gasteiger partial charge in [-0.05, 0) is 36.8 Å². The van der Waals surface area contributed by atoms with Gasteiger partial charge in [-0.25, -0.2) is 13.9 Å². The van der Waals surface area contributed by atoms with Gasteiger partial charge in [-0.1, -0.05) is 24.3 Å². The predicted octanol–water partition coefficient (Wildman–Crippen LogP) is 3.58. The van der Waals surface area contributed by atoms with Gasteiger partial charge < -0.3 is 15.4 Å². The normalized spacial score (nSPS) is 11.7. The summed E-state index contributed by atoms with van der Waals surface area (Å²) in [6.07, 6.45) is 3.56. The van der Waals surface area contributed by atoms with E-state index in [1.165, 1.54) is 13.2 Å². The molecular formula is C20H21FN4O2. The first-order chi connectivity index (χ1) is 13.1. The van der Waals surface area contributed by atoms with Crippen LogP contribution in [0.2, 0.25) is 0 Å². The number of halogens is 1. The van der Waals surface area contributed by atoms with E-state index in [4.69, 9.17) is 4.74 Å². The van der Waals surface area contributed by atoms with Crippen molar-refractivity contribution < 1.29 is 13.9 Å². The highest BCUT2D eigenvalue weighted by Gasteiger charge is 2.12. The molecule has 2 N–H and O–H groups in total. The van der Waals surface area contributed by atoms with Gasteiger partial charge in [-0.15, -0.1) is 0 Å². The molecule has 0 fully saturated rings. The lowest BCUT2D eigenvalue weighted by atomic mass is 10.1. The summed E-state index contributed by atoms with van der Waals surface area (Å²) in [5, 5.41) is 9.85. The summed E-state index contributed by atoms with van der Waals surface area (Å²) in [6, 6.07) is 13.6. The minimum Gasteiger partial charge on any atom is -0.494 e. The number of nitrogens with one attached hydrogen (secondary N) is 2. The van der Waals surface area contributed by atoms with Gasteiger partial charge in [0.15, 0.2) is 11.6 Å². The van der Waals surface area contributed by atoms with Crippen LogP contribution in [0.1, 0.15) is 24.1 Å². The lowest BCUT2D eigenvalue weighted by Gasteiger charge is -2.15. The summed E-state index contributed by atoms with van der Waals surface area (Å²) in [7, 11) is 1.41. The summed E-state index contributed by atoms with van der Waals surface area (Å²) in [6.45, 7) is 2.12. The molecule has 1 heterocycles. The van der Waals surface area contributed by atoms with Gasteiger partial charge in [0.05, 0.1) is 25.0 Å². The fourth-order valence-corrected chi connectivity index (χ4v) is 2.64. The molecule has 0 saturated heterocycles. The maximum absolute atomic E-state index is 13.8. The number of carbonyl (C=O) groups excluding carboxylic acids is 1. The van der Waals surface area contributed by atoms with Gasteiger partial charge in [-0.3, -0.25) is 0 Å². The zero-order valence-electron chi connectivity index (χ0n) is 15.1. The van der Waals surface area contributed by atoms with Gasteiger partial charge in [0.1, 0.15) is 0 Å². The molecule has 3 aromatic rings. The Balaban J connectivity index is 1.54. The second-order valence-corrected chi connectivity index (χ2v) is 6.07. The molecule has 0 bridgehead atoms. The number of nitrogens with zero attached hydrogens (tertiary/aromatic N) is 2. The van der Waals surface area contributed by atoms with Crippen molar-refractivity contribution in [2.45, 2.75) is 19.5 Å². The Kier molecular flexibility index (Phi) is 5.71. The minimum atomic E-state index is -0.461. The van der Waals surface area contributed by atoms with E-state index in [1.54, 1.807) is 29.9 Å². The summed E-state index contributed by atoms with van der Waals surface area (Å²) >= 11 is 0. The van der Waals surface area contributed by atoms with Crippen LogP contribution in [-0.4, -0.2) is 22.9 Å². The van der Waals surface area contributed by atoms with E-state index in [0.717, 1.165) is 11.3 Å². The van der Waals surface area contributed by atoms with Gasteiger partial charge >= 0.3 is 6.03 Å². The summed E-state index contributed by atoms with van der Waals surface area (Å²) in [5.74, 6) is -0.289. The number of hydrogen-bond donors (Lipinski definition) is 2. The molecule has 1 aromatic heterocycles. The monoisotopic (exact) mass is 368 g/mol. The van der Waals surface area contributed by atoms with Crippen molar-refractivity contribution in [3.05, 3.63) is 77.9 Å². The molecule has 0 saturated carbocycles. The Labute approximate surface area is 157 Å². The van der Waals surface area contributed by atoms with Gasteiger partial charge in [0.25, 0.3) is 0 Å². The zero-order valence-corrected chi connectivity index (χ0v) is 15.1. The standard InChI is InChI=1S/C20H21FN4O2/c1-14(16-8-9-19(27-2)18(21)10-16)24-20(26)22-11-15-12-23-25(13-15)17-6-4-3-5-7-17/h3-10,12-14H,11H2,1-2H3,(H2,22,24,26). The van der Waals surface area contributed by atoms with Crippen molar-refractivity contribution in [3.8, 4) is 11.4 Å². The largest absolute Gasteiger partial charge is 0.494 e. The number of urea groups is 1. The van der Waals surface area contributed by atoms with E-state index in [9.17, 15) is 9.18 Å². The third kappa shape index (κ3) is 4.63. The third-order valence-corrected chi connectivity index (χ3v) is 4.13. The Hall–Kier alpha value is -3.35. The highest BCUT2D eigenvalue weighted by Crippen LogP contribution is 2.21. The topological polar surface area (TPSA) is 68.2 Å². The van der Waals surface area contributed by atoms with Crippen molar-refractivity contribution in [2.75, 3.05) is 7.11 Å². The molecule has 0 aliphatic heterocycles. The molecule has 0 radical (unpaired) electrons. The van der Waals surface area contributed by atoms with E-state index >= 15 is 0 Å². The average molecular weight is 368 g/mol. The number of rotatable bonds is 6. The summed E-state index contributed by atoms with van der Waals surface area (Å²) < 4.78 is 20.4. The molecular weight excluding hydrogens is 347 g/mol. The van der Waals surface area contributed by atoms with Crippen LogP contribution in [0.15, 0.2) is 60.9 Å². The van der Waals surface area contributed by atoms with E-state index in [2.05, 4.69) is 15.7 Å². The smallest absolute Gasteiger partial charge is 0.315 e. The molecule has 3 rings (SSSR count). The van der Waals surface area contributed by atoms with Crippen LogP contribution in [-0.2, 0) is 6.54 Å². The lowest BCUT2D eigenvalue weighted by Crippen LogP contribution is -2.36. The number of hydrogen-bond acceptors (Lipinski definition) is 3. The highest BCUT2D eigenvalue weighted by atomic mass is 19.1. The number of para-hydroxylation sites is 1. The lowest BCUT2D eigenvalue weighted by molar-refractivity contribution is 0.237. The zero-order chi connectivity index (χ0) is 19.2. The molecule has 6 nitrogen and oxygen atoms in total. The molecule has 7 heteroatoms. The molecule has 2 amide bonds. The Morgan fingerprint density at radius 3 is 2.74 bits per heavy atom. The van der Waals surface area contributed by atoms with E-state index in [1.807, 2.05) is 36.5 Å². The van der Waals surface area contributed by atoms with Crippen LogP contribution in [0, 0.1) is 5.82 Å². The number of aromatic nitrogens is 2. The number of ether oxygens (including phenoxy) is 1. The van der Waals surface area contributed by atoms with Crippen LogP contribution < -0.4 is 15.4 Å². The van der Waals surface area contributed by atoms with E-state index in [0.29, 0.717) is 12.1 Å². The van der Waals surface area contributed by atoms with Crippen LogP contribution in [0.5, 0.6) is 5.75 Å². The maximum Gasteiger partial charge on any atom is 0.315 e. The number of methoxy groups -OCH3 is 1. The van der Waals surface area contributed by atoms with Crippen molar-refractivity contribution >= 4 is 6.03 Å². The molecule has 1 unspecified atom stereocenters. The average Bonchev–Trinajstić information content (AvgIpc) is 3.16. The molecule has 0 aliphatic carbocycles. The molecule has 27 heavy (non-hydrogen) atoms. The number of amides is 2. The first kappa shape index (κ1) is 18.4. The van der Waals surface area contributed by atoms with E-state index in [-0.39, 0.29) is 17.8 Å². The van der Waals surface area contributed by atoms with Crippen molar-refractivity contribution in [1.29, 1.82) is 0 Å². The Morgan fingerprint density at radius 1 is 1.26 bits per heavy atom. The first-order valence-electron chi connectivity index (χ1n) is 8.53. The summed E-state index contributed by atoms with van der Waals surface area (Å²) in [5.41, 5.74) is 2.47. The van der Waals surface area contributed by atoms with Crippen molar-refractivity contribution in [1.82, 2.24) is 20.4 Å². The number of carbonyl (C=O) groups is 1. The van der Waals surface area contributed by atoms with Gasteiger partial charge in [0, 0.05) is 18.3 Å². The summed E-state index contributed by atoms with van der Waals surface area (Å²) in [4.78, 5) is 12.1. The Bertz CT molecular complexity index is 911. The molecule has 0 aliphatic rings. The fraction of sp³-hybridized carbons (Fsp3) is 0.200. The highest BCUT2D eigenvalue weighted by molar-refractivity contribution is 5.74. The molecule has 1 atom stereocenters. The quantitative estimate of drug-likeness (QED) is 0.699.